The van der Waals surface area contributed by atoms with E-state index in [1.165, 1.54) is 24.8 Å². The van der Waals surface area contributed by atoms with E-state index in [2.05, 4.69) is 41.2 Å². The molecular weight excluding hydrogens is 168 g/mol. The van der Waals surface area contributed by atoms with Gasteiger partial charge in [0.2, 0.25) is 0 Å². The minimum atomic E-state index is 0.808. The fraction of sp³-hybridized carbons (Fsp3) is 0.857. The molecule has 0 aromatic heterocycles. The van der Waals surface area contributed by atoms with E-state index in [4.69, 9.17) is 0 Å². The van der Waals surface area contributed by atoms with Gasteiger partial charge in [-0.05, 0) is 30.6 Å². The van der Waals surface area contributed by atoms with E-state index >= 15 is 0 Å². The summed E-state index contributed by atoms with van der Waals surface area (Å²) in [5.41, 5.74) is 1.42. The minimum Gasteiger partial charge on any atom is -0.0999 e. The zero-order chi connectivity index (χ0) is 11.1. The highest BCUT2D eigenvalue weighted by Gasteiger charge is 2.20. The summed E-state index contributed by atoms with van der Waals surface area (Å²) in [4.78, 5) is 0. The van der Waals surface area contributed by atoms with Crippen molar-refractivity contribution in [2.45, 2.75) is 60.3 Å². The number of rotatable bonds is 7. The monoisotopic (exact) mass is 196 g/mol. The van der Waals surface area contributed by atoms with Crippen LogP contribution in [0.1, 0.15) is 60.3 Å². The summed E-state index contributed by atoms with van der Waals surface area (Å²) in [6, 6.07) is 0. The van der Waals surface area contributed by atoms with Crippen LogP contribution in [0, 0.1) is 17.8 Å². The maximum Gasteiger partial charge on any atom is -0.0294 e. The molecule has 0 rings (SSSR count). The van der Waals surface area contributed by atoms with Crippen LogP contribution in [-0.2, 0) is 0 Å². The van der Waals surface area contributed by atoms with Crippen molar-refractivity contribution in [3.63, 3.8) is 0 Å². The Morgan fingerprint density at radius 2 is 1.57 bits per heavy atom. The van der Waals surface area contributed by atoms with Gasteiger partial charge in [0.1, 0.15) is 0 Å². The van der Waals surface area contributed by atoms with Gasteiger partial charge in [-0.15, -0.1) is 0 Å². The quantitative estimate of drug-likeness (QED) is 0.500. The van der Waals surface area contributed by atoms with Gasteiger partial charge in [0.05, 0.1) is 0 Å². The van der Waals surface area contributed by atoms with Crippen molar-refractivity contribution in [1.82, 2.24) is 0 Å². The lowest BCUT2D eigenvalue weighted by Gasteiger charge is -2.28. The molecule has 0 aromatic rings. The van der Waals surface area contributed by atoms with Gasteiger partial charge in [0.15, 0.2) is 0 Å². The zero-order valence-corrected chi connectivity index (χ0v) is 10.8. The van der Waals surface area contributed by atoms with Crippen molar-refractivity contribution in [3.8, 4) is 0 Å². The van der Waals surface area contributed by atoms with Gasteiger partial charge in [-0.25, -0.2) is 0 Å². The molecule has 0 radical (unpaired) electrons. The van der Waals surface area contributed by atoms with Crippen LogP contribution in [-0.4, -0.2) is 0 Å². The fourth-order valence-corrected chi connectivity index (χ4v) is 2.42. The molecule has 0 amide bonds. The summed E-state index contributed by atoms with van der Waals surface area (Å²) in [5, 5.41) is 0. The Balaban J connectivity index is 4.16. The number of hydrogen-bond donors (Lipinski definition) is 0. The molecule has 0 heterocycles. The van der Waals surface area contributed by atoms with E-state index in [1.54, 1.807) is 0 Å². The average molecular weight is 196 g/mol. The van der Waals surface area contributed by atoms with Gasteiger partial charge in [0, 0.05) is 0 Å². The van der Waals surface area contributed by atoms with Crippen LogP contribution in [0.5, 0.6) is 0 Å². The van der Waals surface area contributed by atoms with Crippen LogP contribution in [0.3, 0.4) is 0 Å². The summed E-state index contributed by atoms with van der Waals surface area (Å²) < 4.78 is 0. The molecule has 0 bridgehead atoms. The predicted molar refractivity (Wildman–Crippen MR) is 66.4 cm³/mol. The molecule has 0 saturated heterocycles. The van der Waals surface area contributed by atoms with Crippen LogP contribution in [0.25, 0.3) is 0 Å². The molecule has 0 fully saturated rings. The second-order valence-electron chi connectivity index (χ2n) is 4.74. The SMILES string of the molecule is C=C(CC)CC(C)C(CC)C(C)CC. The summed E-state index contributed by atoms with van der Waals surface area (Å²) >= 11 is 0. The van der Waals surface area contributed by atoms with Crippen molar-refractivity contribution in [2.24, 2.45) is 17.8 Å². The van der Waals surface area contributed by atoms with Gasteiger partial charge in [-0.2, -0.15) is 0 Å². The van der Waals surface area contributed by atoms with Crippen molar-refractivity contribution in [3.05, 3.63) is 12.2 Å². The van der Waals surface area contributed by atoms with Crippen molar-refractivity contribution in [2.75, 3.05) is 0 Å². The van der Waals surface area contributed by atoms with Crippen LogP contribution in [0.15, 0.2) is 12.2 Å². The second-order valence-corrected chi connectivity index (χ2v) is 4.74. The van der Waals surface area contributed by atoms with E-state index in [-0.39, 0.29) is 0 Å². The second kappa shape index (κ2) is 7.09. The molecule has 3 atom stereocenters. The van der Waals surface area contributed by atoms with Crippen LogP contribution < -0.4 is 0 Å². The fourth-order valence-electron chi connectivity index (χ4n) is 2.42. The van der Waals surface area contributed by atoms with Gasteiger partial charge in [-0.1, -0.05) is 59.6 Å². The highest BCUT2D eigenvalue weighted by molar-refractivity contribution is 4.95. The van der Waals surface area contributed by atoms with E-state index < -0.39 is 0 Å². The smallest absolute Gasteiger partial charge is 0.0294 e. The van der Waals surface area contributed by atoms with Crippen LogP contribution in [0.2, 0.25) is 0 Å². The highest BCUT2D eigenvalue weighted by atomic mass is 14.3. The molecule has 3 unspecified atom stereocenters. The summed E-state index contributed by atoms with van der Waals surface area (Å²) in [6.07, 6.45) is 4.98. The Labute approximate surface area is 90.8 Å². The van der Waals surface area contributed by atoms with Gasteiger partial charge < -0.3 is 0 Å². The summed E-state index contributed by atoms with van der Waals surface area (Å²) in [7, 11) is 0. The lowest BCUT2D eigenvalue weighted by molar-refractivity contribution is 0.239. The largest absolute Gasteiger partial charge is 0.0999 e. The third kappa shape index (κ3) is 4.30. The molecule has 14 heavy (non-hydrogen) atoms. The Morgan fingerprint density at radius 3 is 1.93 bits per heavy atom. The molecular formula is C14H28. The first kappa shape index (κ1) is 13.7. The molecule has 0 aliphatic heterocycles. The molecule has 0 nitrogen and oxygen atoms in total. The molecule has 0 aromatic carbocycles. The van der Waals surface area contributed by atoms with E-state index in [1.807, 2.05) is 0 Å². The van der Waals surface area contributed by atoms with Gasteiger partial charge >= 0.3 is 0 Å². The van der Waals surface area contributed by atoms with Crippen molar-refractivity contribution in [1.29, 1.82) is 0 Å². The maximum absolute atomic E-state index is 4.12. The number of hydrogen-bond acceptors (Lipinski definition) is 0. The Kier molecular flexibility index (Phi) is 6.96. The standard InChI is InChI=1S/C14H28/c1-7-11(4)10-13(6)14(9-3)12(5)8-2/h12-14H,4,7-10H2,1-3,5-6H3. The molecule has 0 heteroatoms. The Morgan fingerprint density at radius 1 is 1.00 bits per heavy atom. The van der Waals surface area contributed by atoms with Gasteiger partial charge in [0.25, 0.3) is 0 Å². The van der Waals surface area contributed by atoms with E-state index in [9.17, 15) is 0 Å². The first-order valence-electron chi connectivity index (χ1n) is 6.23. The molecule has 0 spiro atoms. The highest BCUT2D eigenvalue weighted by Crippen LogP contribution is 2.30. The normalized spacial score (nSPS) is 17.5. The lowest BCUT2D eigenvalue weighted by atomic mass is 9.77. The molecule has 0 N–H and O–H groups in total. The lowest BCUT2D eigenvalue weighted by Crippen LogP contribution is -2.19. The third-order valence-electron chi connectivity index (χ3n) is 3.69. The van der Waals surface area contributed by atoms with Crippen LogP contribution >= 0.6 is 0 Å². The van der Waals surface area contributed by atoms with Crippen molar-refractivity contribution < 1.29 is 0 Å². The molecule has 84 valence electrons. The summed E-state index contributed by atoms with van der Waals surface area (Å²) in [5.74, 6) is 2.55. The Hall–Kier alpha value is -0.260. The first-order chi connectivity index (χ1) is 6.56. The molecule has 0 saturated carbocycles. The maximum atomic E-state index is 4.12. The summed E-state index contributed by atoms with van der Waals surface area (Å²) in [6.45, 7) is 15.7. The molecule has 0 aliphatic rings. The first-order valence-corrected chi connectivity index (χ1v) is 6.23. The van der Waals surface area contributed by atoms with Gasteiger partial charge in [-0.3, -0.25) is 0 Å². The zero-order valence-electron chi connectivity index (χ0n) is 10.8. The topological polar surface area (TPSA) is 0 Å². The van der Waals surface area contributed by atoms with Crippen molar-refractivity contribution >= 4 is 0 Å². The number of allylic oxidation sites excluding steroid dienone is 1. The third-order valence-corrected chi connectivity index (χ3v) is 3.69. The minimum absolute atomic E-state index is 0.808. The van der Waals surface area contributed by atoms with E-state index in [0.29, 0.717) is 0 Å². The Bertz CT molecular complexity index is 157. The van der Waals surface area contributed by atoms with Crippen LogP contribution in [0.4, 0.5) is 0 Å². The molecule has 0 aliphatic carbocycles. The predicted octanol–water partition coefficient (Wildman–Crippen LogP) is 5.05. The van der Waals surface area contributed by atoms with E-state index in [0.717, 1.165) is 24.2 Å². The average Bonchev–Trinajstić information content (AvgIpc) is 2.18.